The Morgan fingerprint density at radius 1 is 0.923 bits per heavy atom. The van der Waals surface area contributed by atoms with Crippen LogP contribution in [0.25, 0.3) is 0 Å². The van der Waals surface area contributed by atoms with Crippen molar-refractivity contribution in [2.75, 3.05) is 13.2 Å². The van der Waals surface area contributed by atoms with Gasteiger partial charge in [-0.1, -0.05) is 60.7 Å². The Bertz CT molecular complexity index is 690. The van der Waals surface area contributed by atoms with Crippen LogP contribution in [0.1, 0.15) is 29.9 Å². The van der Waals surface area contributed by atoms with E-state index >= 15 is 0 Å². The average molecular weight is 356 g/mol. The maximum absolute atomic E-state index is 10.3. The van der Waals surface area contributed by atoms with Crippen molar-refractivity contribution < 1.29 is 24.4 Å². The van der Waals surface area contributed by atoms with Gasteiger partial charge in [-0.25, -0.2) is 0 Å². The molecule has 2 aromatic rings. The number of aliphatic hydroxyl groups is 2. The second kappa shape index (κ2) is 7.86. The van der Waals surface area contributed by atoms with Gasteiger partial charge in [-0.05, 0) is 12.0 Å². The summed E-state index contributed by atoms with van der Waals surface area (Å²) >= 11 is 0. The molecule has 2 aromatic carbocycles. The first-order valence-electron chi connectivity index (χ1n) is 9.07. The first-order valence-corrected chi connectivity index (χ1v) is 9.07. The van der Waals surface area contributed by atoms with Crippen LogP contribution in [0, 0.1) is 5.92 Å². The largest absolute Gasteiger partial charge is 0.394 e. The second-order valence-electron chi connectivity index (χ2n) is 6.92. The maximum atomic E-state index is 10.3. The van der Waals surface area contributed by atoms with E-state index in [2.05, 4.69) is 0 Å². The number of hydrogen-bond donors (Lipinski definition) is 2. The molecule has 26 heavy (non-hydrogen) atoms. The number of fused-ring (bicyclic) bond motifs is 1. The van der Waals surface area contributed by atoms with Crippen LogP contribution >= 0.6 is 0 Å². The van der Waals surface area contributed by atoms with Crippen molar-refractivity contribution in [3.63, 3.8) is 0 Å². The van der Waals surface area contributed by atoms with Crippen LogP contribution < -0.4 is 0 Å². The zero-order chi connectivity index (χ0) is 17.9. The van der Waals surface area contributed by atoms with Crippen LogP contribution in [0.4, 0.5) is 0 Å². The van der Waals surface area contributed by atoms with E-state index in [9.17, 15) is 10.2 Å². The van der Waals surface area contributed by atoms with Gasteiger partial charge in [-0.2, -0.15) is 0 Å². The lowest BCUT2D eigenvalue weighted by Crippen LogP contribution is -2.54. The van der Waals surface area contributed by atoms with E-state index in [1.54, 1.807) is 0 Å². The number of ether oxygens (including phenoxy) is 3. The summed E-state index contributed by atoms with van der Waals surface area (Å²) in [4.78, 5) is 0. The lowest BCUT2D eigenvalue weighted by atomic mass is 9.84. The summed E-state index contributed by atoms with van der Waals surface area (Å²) in [5.41, 5.74) is 2.00. The van der Waals surface area contributed by atoms with Gasteiger partial charge >= 0.3 is 0 Å². The standard InChI is InChI=1S/C21H24O5/c22-12-17(23)20-19-16(11-18(25-20)14-7-3-1-4-8-14)13-24-21(26-19)15-9-5-2-6-10-15/h1-10,16-23H,11-13H2. The van der Waals surface area contributed by atoms with Gasteiger partial charge in [-0.3, -0.25) is 0 Å². The third-order valence-corrected chi connectivity index (χ3v) is 5.18. The van der Waals surface area contributed by atoms with Gasteiger partial charge in [0.25, 0.3) is 0 Å². The van der Waals surface area contributed by atoms with Gasteiger partial charge in [0, 0.05) is 11.5 Å². The van der Waals surface area contributed by atoms with Crippen molar-refractivity contribution in [1.29, 1.82) is 0 Å². The molecule has 4 rings (SSSR count). The molecule has 6 unspecified atom stereocenters. The van der Waals surface area contributed by atoms with E-state index in [1.165, 1.54) is 0 Å². The summed E-state index contributed by atoms with van der Waals surface area (Å²) in [6.45, 7) is 0.168. The van der Waals surface area contributed by atoms with Crippen LogP contribution in [0.3, 0.4) is 0 Å². The molecule has 2 N–H and O–H groups in total. The van der Waals surface area contributed by atoms with Crippen LogP contribution in [-0.4, -0.2) is 41.7 Å². The number of aliphatic hydroxyl groups excluding tert-OH is 2. The van der Waals surface area contributed by atoms with E-state index in [0.717, 1.165) is 17.5 Å². The fourth-order valence-corrected chi connectivity index (χ4v) is 3.83. The van der Waals surface area contributed by atoms with Gasteiger partial charge in [0.05, 0.1) is 25.4 Å². The first-order chi connectivity index (χ1) is 12.8. The topological polar surface area (TPSA) is 68.2 Å². The Morgan fingerprint density at radius 2 is 1.58 bits per heavy atom. The molecule has 0 aliphatic carbocycles. The predicted octanol–water partition coefficient (Wildman–Crippen LogP) is 2.60. The minimum Gasteiger partial charge on any atom is -0.394 e. The lowest BCUT2D eigenvalue weighted by Gasteiger charge is -2.47. The van der Waals surface area contributed by atoms with Gasteiger partial charge in [0.15, 0.2) is 6.29 Å². The molecule has 0 bridgehead atoms. The van der Waals surface area contributed by atoms with E-state index < -0.39 is 18.5 Å². The third-order valence-electron chi connectivity index (χ3n) is 5.18. The zero-order valence-electron chi connectivity index (χ0n) is 14.5. The SMILES string of the molecule is OCC(O)C1OC(c2ccccc2)CC2COC(c3ccccc3)OC21. The van der Waals surface area contributed by atoms with E-state index in [1.807, 2.05) is 60.7 Å². The number of benzene rings is 2. The summed E-state index contributed by atoms with van der Waals surface area (Å²) in [5, 5.41) is 19.8. The molecule has 0 amide bonds. The highest BCUT2D eigenvalue weighted by molar-refractivity contribution is 5.20. The zero-order valence-corrected chi connectivity index (χ0v) is 14.5. The molecule has 5 nitrogen and oxygen atoms in total. The Morgan fingerprint density at radius 3 is 2.23 bits per heavy atom. The molecule has 6 atom stereocenters. The van der Waals surface area contributed by atoms with Crippen molar-refractivity contribution in [2.45, 2.75) is 37.1 Å². The summed E-state index contributed by atoms with van der Waals surface area (Å²) in [7, 11) is 0. The van der Waals surface area contributed by atoms with Crippen molar-refractivity contribution in [3.8, 4) is 0 Å². The molecule has 2 aliphatic heterocycles. The normalized spacial score (nSPS) is 32.6. The van der Waals surface area contributed by atoms with E-state index in [-0.39, 0.29) is 24.7 Å². The van der Waals surface area contributed by atoms with Crippen molar-refractivity contribution in [2.24, 2.45) is 5.92 Å². The Hall–Kier alpha value is -1.76. The van der Waals surface area contributed by atoms with Crippen LogP contribution in [0.5, 0.6) is 0 Å². The van der Waals surface area contributed by atoms with Gasteiger partial charge < -0.3 is 24.4 Å². The molecule has 0 spiro atoms. The molecule has 138 valence electrons. The van der Waals surface area contributed by atoms with Crippen LogP contribution in [-0.2, 0) is 14.2 Å². The summed E-state index contributed by atoms with van der Waals surface area (Å²) in [6, 6.07) is 19.7. The minimum atomic E-state index is -0.997. The first kappa shape index (κ1) is 17.6. The van der Waals surface area contributed by atoms with Gasteiger partial charge in [0.1, 0.15) is 12.2 Å². The predicted molar refractivity (Wildman–Crippen MR) is 95.3 cm³/mol. The lowest BCUT2D eigenvalue weighted by molar-refractivity contribution is -0.305. The average Bonchev–Trinajstić information content (AvgIpc) is 2.73. The van der Waals surface area contributed by atoms with Crippen molar-refractivity contribution in [3.05, 3.63) is 71.8 Å². The molecular formula is C21H24O5. The summed E-state index contributed by atoms with van der Waals surface area (Å²) in [6.07, 6.45) is -1.80. The highest BCUT2D eigenvalue weighted by Gasteiger charge is 2.47. The fourth-order valence-electron chi connectivity index (χ4n) is 3.83. The Balaban J connectivity index is 1.56. The van der Waals surface area contributed by atoms with E-state index in [4.69, 9.17) is 14.2 Å². The third kappa shape index (κ3) is 3.54. The Kier molecular flexibility index (Phi) is 5.33. The summed E-state index contributed by atoms with van der Waals surface area (Å²) in [5.74, 6) is 0.0973. The fraction of sp³-hybridized carbons (Fsp3) is 0.429. The Labute approximate surface area is 153 Å². The maximum Gasteiger partial charge on any atom is 0.184 e. The molecule has 2 saturated heterocycles. The number of rotatable bonds is 4. The smallest absolute Gasteiger partial charge is 0.184 e. The molecule has 2 heterocycles. The van der Waals surface area contributed by atoms with Crippen molar-refractivity contribution in [1.82, 2.24) is 0 Å². The van der Waals surface area contributed by atoms with Crippen LogP contribution in [0.2, 0.25) is 0 Å². The highest BCUT2D eigenvalue weighted by atomic mass is 16.7. The molecular weight excluding hydrogens is 332 g/mol. The van der Waals surface area contributed by atoms with Gasteiger partial charge in [-0.15, -0.1) is 0 Å². The van der Waals surface area contributed by atoms with Crippen LogP contribution in [0.15, 0.2) is 60.7 Å². The van der Waals surface area contributed by atoms with E-state index in [0.29, 0.717) is 6.61 Å². The number of hydrogen-bond acceptors (Lipinski definition) is 5. The summed E-state index contributed by atoms with van der Waals surface area (Å²) < 4.78 is 18.3. The molecule has 2 fully saturated rings. The quantitative estimate of drug-likeness (QED) is 0.881. The monoisotopic (exact) mass is 356 g/mol. The molecule has 5 heteroatoms. The van der Waals surface area contributed by atoms with Gasteiger partial charge in [0.2, 0.25) is 0 Å². The van der Waals surface area contributed by atoms with Crippen molar-refractivity contribution >= 4 is 0 Å². The minimum absolute atomic E-state index is 0.0973. The highest BCUT2D eigenvalue weighted by Crippen LogP contribution is 2.42. The second-order valence-corrected chi connectivity index (χ2v) is 6.92. The molecule has 0 aromatic heterocycles. The molecule has 0 radical (unpaired) electrons. The molecule has 2 aliphatic rings. The molecule has 0 saturated carbocycles.